The Labute approximate surface area is 218 Å². The minimum absolute atomic E-state index is 1.07. The van der Waals surface area contributed by atoms with Crippen molar-refractivity contribution in [2.75, 3.05) is 5.32 Å². The van der Waals surface area contributed by atoms with E-state index in [-0.39, 0.29) is 0 Å². The van der Waals surface area contributed by atoms with Gasteiger partial charge in [0.15, 0.2) is 0 Å². The standard InChI is InChI=1S/C36H27N/c1-3-9-27(10-4-1)31-13-7-15-33(25-31)29-17-21-35(22-18-29)37-36-23-19-30(20-24-36)34-16-8-14-32(26-34)28-11-5-2-6-12-28/h1-26,37H. The lowest BCUT2D eigenvalue weighted by Gasteiger charge is -2.10. The number of rotatable bonds is 6. The van der Waals surface area contributed by atoms with Crippen LogP contribution in [0.3, 0.4) is 0 Å². The van der Waals surface area contributed by atoms with Crippen LogP contribution in [0.4, 0.5) is 11.4 Å². The molecular weight excluding hydrogens is 446 g/mol. The molecule has 0 unspecified atom stereocenters. The molecule has 6 aromatic carbocycles. The van der Waals surface area contributed by atoms with Crippen molar-refractivity contribution >= 4 is 11.4 Å². The molecule has 0 amide bonds. The van der Waals surface area contributed by atoms with E-state index in [0.29, 0.717) is 0 Å². The van der Waals surface area contributed by atoms with Crippen LogP contribution in [-0.2, 0) is 0 Å². The van der Waals surface area contributed by atoms with Crippen molar-refractivity contribution in [2.24, 2.45) is 0 Å². The van der Waals surface area contributed by atoms with E-state index in [1.807, 2.05) is 0 Å². The highest BCUT2D eigenvalue weighted by Crippen LogP contribution is 2.30. The topological polar surface area (TPSA) is 12.0 Å². The molecule has 0 fully saturated rings. The Kier molecular flexibility index (Phi) is 6.34. The van der Waals surface area contributed by atoms with Crippen molar-refractivity contribution in [2.45, 2.75) is 0 Å². The lowest BCUT2D eigenvalue weighted by Crippen LogP contribution is -1.90. The van der Waals surface area contributed by atoms with Crippen molar-refractivity contribution in [1.82, 2.24) is 0 Å². The average Bonchev–Trinajstić information content (AvgIpc) is 2.99. The summed E-state index contributed by atoms with van der Waals surface area (Å²) in [5.74, 6) is 0. The highest BCUT2D eigenvalue weighted by Gasteiger charge is 2.04. The third-order valence-corrected chi connectivity index (χ3v) is 6.66. The van der Waals surface area contributed by atoms with Gasteiger partial charge in [0.1, 0.15) is 0 Å². The maximum absolute atomic E-state index is 3.54. The molecule has 1 heteroatoms. The lowest BCUT2D eigenvalue weighted by atomic mass is 9.99. The fourth-order valence-electron chi connectivity index (χ4n) is 4.68. The first-order chi connectivity index (χ1) is 18.3. The van der Waals surface area contributed by atoms with Gasteiger partial charge in [-0.2, -0.15) is 0 Å². The Balaban J connectivity index is 1.16. The summed E-state index contributed by atoms with van der Waals surface area (Å²) < 4.78 is 0. The molecule has 1 nitrogen and oxygen atoms in total. The Morgan fingerprint density at radius 3 is 0.892 bits per heavy atom. The molecule has 0 saturated carbocycles. The van der Waals surface area contributed by atoms with Crippen LogP contribution in [0.1, 0.15) is 0 Å². The highest BCUT2D eigenvalue weighted by atomic mass is 14.9. The molecule has 0 aliphatic carbocycles. The zero-order valence-corrected chi connectivity index (χ0v) is 20.5. The van der Waals surface area contributed by atoms with Crippen molar-refractivity contribution in [3.05, 3.63) is 158 Å². The number of hydrogen-bond donors (Lipinski definition) is 1. The van der Waals surface area contributed by atoms with Gasteiger partial charge in [-0.25, -0.2) is 0 Å². The van der Waals surface area contributed by atoms with Crippen molar-refractivity contribution in [3.63, 3.8) is 0 Å². The van der Waals surface area contributed by atoms with E-state index in [1.165, 1.54) is 44.5 Å². The first-order valence-electron chi connectivity index (χ1n) is 12.6. The summed E-state index contributed by atoms with van der Waals surface area (Å²) in [7, 11) is 0. The second-order valence-corrected chi connectivity index (χ2v) is 9.17. The summed E-state index contributed by atoms with van der Waals surface area (Å²) in [5.41, 5.74) is 11.9. The predicted octanol–water partition coefficient (Wildman–Crippen LogP) is 10.1. The molecule has 37 heavy (non-hydrogen) atoms. The minimum Gasteiger partial charge on any atom is -0.356 e. The van der Waals surface area contributed by atoms with Gasteiger partial charge in [-0.05, 0) is 80.9 Å². The first kappa shape index (κ1) is 22.6. The number of hydrogen-bond acceptors (Lipinski definition) is 1. The van der Waals surface area contributed by atoms with Gasteiger partial charge in [-0.3, -0.25) is 0 Å². The van der Waals surface area contributed by atoms with E-state index >= 15 is 0 Å². The molecule has 0 aliphatic heterocycles. The maximum Gasteiger partial charge on any atom is 0.0384 e. The van der Waals surface area contributed by atoms with Gasteiger partial charge in [0.05, 0.1) is 0 Å². The van der Waals surface area contributed by atoms with E-state index in [4.69, 9.17) is 0 Å². The molecule has 0 bridgehead atoms. The second kappa shape index (κ2) is 10.4. The van der Waals surface area contributed by atoms with E-state index in [2.05, 4.69) is 163 Å². The molecule has 6 aromatic rings. The summed E-state index contributed by atoms with van der Waals surface area (Å²) in [6, 6.07) is 55.7. The number of anilines is 2. The van der Waals surface area contributed by atoms with Crippen LogP contribution in [0, 0.1) is 0 Å². The third kappa shape index (κ3) is 5.22. The molecule has 0 aromatic heterocycles. The van der Waals surface area contributed by atoms with Crippen LogP contribution < -0.4 is 5.32 Å². The molecule has 1 N–H and O–H groups in total. The van der Waals surface area contributed by atoms with Gasteiger partial charge >= 0.3 is 0 Å². The first-order valence-corrected chi connectivity index (χ1v) is 12.6. The van der Waals surface area contributed by atoms with Crippen LogP contribution >= 0.6 is 0 Å². The second-order valence-electron chi connectivity index (χ2n) is 9.17. The average molecular weight is 474 g/mol. The van der Waals surface area contributed by atoms with Crippen LogP contribution in [0.2, 0.25) is 0 Å². The molecule has 0 aliphatic rings. The van der Waals surface area contributed by atoms with Gasteiger partial charge in [-0.1, -0.05) is 121 Å². The SMILES string of the molecule is c1ccc(-c2cccc(-c3ccc(Nc4ccc(-c5cccc(-c6ccccc6)c5)cc4)cc3)c2)cc1. The van der Waals surface area contributed by atoms with E-state index in [1.54, 1.807) is 0 Å². The molecule has 0 spiro atoms. The van der Waals surface area contributed by atoms with Crippen LogP contribution in [0.15, 0.2) is 158 Å². The van der Waals surface area contributed by atoms with Gasteiger partial charge in [0, 0.05) is 11.4 Å². The van der Waals surface area contributed by atoms with Crippen molar-refractivity contribution in [3.8, 4) is 44.5 Å². The van der Waals surface area contributed by atoms with Gasteiger partial charge < -0.3 is 5.32 Å². The van der Waals surface area contributed by atoms with Gasteiger partial charge in [0.25, 0.3) is 0 Å². The zero-order chi connectivity index (χ0) is 24.9. The molecule has 176 valence electrons. The van der Waals surface area contributed by atoms with E-state index < -0.39 is 0 Å². The zero-order valence-electron chi connectivity index (χ0n) is 20.5. The Bertz CT molecular complexity index is 1480. The molecule has 0 saturated heterocycles. The summed E-state index contributed by atoms with van der Waals surface area (Å²) in [4.78, 5) is 0. The smallest absolute Gasteiger partial charge is 0.0384 e. The summed E-state index contributed by atoms with van der Waals surface area (Å²) in [6.07, 6.45) is 0. The van der Waals surface area contributed by atoms with Crippen LogP contribution in [0.25, 0.3) is 44.5 Å². The summed E-state index contributed by atoms with van der Waals surface area (Å²) in [5, 5.41) is 3.54. The van der Waals surface area contributed by atoms with Crippen LogP contribution in [0.5, 0.6) is 0 Å². The molecule has 6 rings (SSSR count). The largest absolute Gasteiger partial charge is 0.356 e. The Hall–Kier alpha value is -4.88. The fraction of sp³-hybridized carbons (Fsp3) is 0. The molecular formula is C36H27N. The highest BCUT2D eigenvalue weighted by molar-refractivity contribution is 5.76. The number of nitrogens with one attached hydrogen (secondary N) is 1. The van der Waals surface area contributed by atoms with Crippen molar-refractivity contribution < 1.29 is 0 Å². The summed E-state index contributed by atoms with van der Waals surface area (Å²) >= 11 is 0. The van der Waals surface area contributed by atoms with Gasteiger partial charge in [-0.15, -0.1) is 0 Å². The quantitative estimate of drug-likeness (QED) is 0.254. The van der Waals surface area contributed by atoms with Crippen LogP contribution in [-0.4, -0.2) is 0 Å². The monoisotopic (exact) mass is 473 g/mol. The molecule has 0 radical (unpaired) electrons. The van der Waals surface area contributed by atoms with Crippen molar-refractivity contribution in [1.29, 1.82) is 0 Å². The third-order valence-electron chi connectivity index (χ3n) is 6.66. The van der Waals surface area contributed by atoms with E-state index in [0.717, 1.165) is 11.4 Å². The molecule has 0 heterocycles. The normalized spacial score (nSPS) is 10.7. The van der Waals surface area contributed by atoms with Gasteiger partial charge in [0.2, 0.25) is 0 Å². The van der Waals surface area contributed by atoms with E-state index in [9.17, 15) is 0 Å². The Morgan fingerprint density at radius 1 is 0.243 bits per heavy atom. The Morgan fingerprint density at radius 2 is 0.541 bits per heavy atom. The summed E-state index contributed by atoms with van der Waals surface area (Å²) in [6.45, 7) is 0. The minimum atomic E-state index is 1.07. The molecule has 0 atom stereocenters. The predicted molar refractivity (Wildman–Crippen MR) is 158 cm³/mol. The lowest BCUT2D eigenvalue weighted by molar-refractivity contribution is 1.53. The maximum atomic E-state index is 3.54. The number of benzene rings is 6. The fourth-order valence-corrected chi connectivity index (χ4v) is 4.68.